The van der Waals surface area contributed by atoms with Gasteiger partial charge in [0.2, 0.25) is 0 Å². The van der Waals surface area contributed by atoms with E-state index in [0.29, 0.717) is 6.54 Å². The van der Waals surface area contributed by atoms with Crippen LogP contribution in [0.2, 0.25) is 0 Å². The van der Waals surface area contributed by atoms with Gasteiger partial charge in [-0.2, -0.15) is 0 Å². The average Bonchev–Trinajstić information content (AvgIpc) is 2.88. The number of benzene rings is 1. The Kier molecular flexibility index (Phi) is 4.11. The Morgan fingerprint density at radius 1 is 1.19 bits per heavy atom. The van der Waals surface area contributed by atoms with Crippen LogP contribution in [0.25, 0.3) is 0 Å². The van der Waals surface area contributed by atoms with E-state index in [1.54, 1.807) is 0 Å². The van der Waals surface area contributed by atoms with Crippen molar-refractivity contribution in [1.29, 1.82) is 0 Å². The predicted octanol–water partition coefficient (Wildman–Crippen LogP) is 3.76. The molecule has 0 amide bonds. The maximum atomic E-state index is 11.6. The van der Waals surface area contributed by atoms with Crippen molar-refractivity contribution in [1.82, 2.24) is 0 Å². The second-order valence-electron chi connectivity index (χ2n) is 7.23. The summed E-state index contributed by atoms with van der Waals surface area (Å²) in [6, 6.07) is 8.43. The minimum absolute atomic E-state index is 0.107. The molecule has 1 aromatic carbocycles. The van der Waals surface area contributed by atoms with E-state index in [1.807, 2.05) is 0 Å². The van der Waals surface area contributed by atoms with Crippen molar-refractivity contribution in [3.63, 3.8) is 0 Å². The van der Waals surface area contributed by atoms with Gasteiger partial charge in [-0.15, -0.1) is 0 Å². The fourth-order valence-electron chi connectivity index (χ4n) is 4.86. The quantitative estimate of drug-likeness (QED) is 0.886. The summed E-state index contributed by atoms with van der Waals surface area (Å²) in [6.07, 6.45) is 9.07. The van der Waals surface area contributed by atoms with Gasteiger partial charge < -0.3 is 10.8 Å². The second kappa shape index (κ2) is 5.73. The number of fused-ring (bicyclic) bond motifs is 1. The fourth-order valence-corrected chi connectivity index (χ4v) is 4.86. The summed E-state index contributed by atoms with van der Waals surface area (Å²) in [7, 11) is 0. The Bertz CT molecular complexity index is 490. The van der Waals surface area contributed by atoms with Crippen LogP contribution >= 0.6 is 0 Å². The van der Waals surface area contributed by atoms with Gasteiger partial charge >= 0.3 is 0 Å². The molecule has 0 aliphatic heterocycles. The van der Waals surface area contributed by atoms with Crippen LogP contribution in [0.15, 0.2) is 24.3 Å². The molecule has 1 unspecified atom stereocenters. The molecule has 0 radical (unpaired) electrons. The molecule has 0 bridgehead atoms. The summed E-state index contributed by atoms with van der Waals surface area (Å²) >= 11 is 0. The molecule has 2 nitrogen and oxygen atoms in total. The van der Waals surface area contributed by atoms with Crippen molar-refractivity contribution in [3.05, 3.63) is 35.4 Å². The molecule has 3 N–H and O–H groups in total. The van der Waals surface area contributed by atoms with Crippen molar-refractivity contribution < 1.29 is 5.11 Å². The Labute approximate surface area is 128 Å². The lowest BCUT2D eigenvalue weighted by atomic mass is 9.59. The third kappa shape index (κ3) is 2.33. The van der Waals surface area contributed by atoms with E-state index < -0.39 is 5.60 Å². The Morgan fingerprint density at radius 3 is 2.57 bits per heavy atom. The lowest BCUT2D eigenvalue weighted by Crippen LogP contribution is -2.51. The van der Waals surface area contributed by atoms with Crippen LogP contribution in [0.4, 0.5) is 0 Å². The van der Waals surface area contributed by atoms with Gasteiger partial charge in [-0.1, -0.05) is 44.0 Å². The van der Waals surface area contributed by atoms with E-state index in [9.17, 15) is 5.11 Å². The molecule has 2 aliphatic carbocycles. The number of aliphatic hydroxyl groups is 1. The van der Waals surface area contributed by atoms with Crippen molar-refractivity contribution in [2.45, 2.75) is 63.9 Å². The lowest BCUT2D eigenvalue weighted by molar-refractivity contribution is -0.111. The molecule has 21 heavy (non-hydrogen) atoms. The molecule has 0 heterocycles. The summed E-state index contributed by atoms with van der Waals surface area (Å²) in [4.78, 5) is 0. The largest absolute Gasteiger partial charge is 0.385 e. The van der Waals surface area contributed by atoms with E-state index in [2.05, 4.69) is 31.2 Å². The third-order valence-electron chi connectivity index (χ3n) is 6.25. The molecule has 1 aromatic rings. The molecule has 1 fully saturated rings. The fraction of sp³-hybridized carbons (Fsp3) is 0.684. The van der Waals surface area contributed by atoms with E-state index in [1.165, 1.54) is 31.2 Å². The summed E-state index contributed by atoms with van der Waals surface area (Å²) in [6.45, 7) is 2.88. The normalized spacial score (nSPS) is 35.7. The van der Waals surface area contributed by atoms with E-state index in [0.717, 1.165) is 37.2 Å². The standard InChI is InChI=1S/C19H29NO/c1-2-5-15-8-11-18(14-20,12-9-15)19(21)13-10-16-6-3-4-7-17(16)19/h3-4,6-7,15,21H,2,5,8-14,20H2,1H3. The molecular weight excluding hydrogens is 258 g/mol. The zero-order valence-corrected chi connectivity index (χ0v) is 13.3. The van der Waals surface area contributed by atoms with E-state index in [-0.39, 0.29) is 5.41 Å². The van der Waals surface area contributed by atoms with Crippen molar-refractivity contribution in [3.8, 4) is 0 Å². The van der Waals surface area contributed by atoms with Gasteiger partial charge in [-0.05, 0) is 55.6 Å². The van der Waals surface area contributed by atoms with Crippen molar-refractivity contribution >= 4 is 0 Å². The Hall–Kier alpha value is -0.860. The van der Waals surface area contributed by atoms with Crippen LogP contribution in [-0.4, -0.2) is 11.7 Å². The molecular formula is C19H29NO. The second-order valence-corrected chi connectivity index (χ2v) is 7.23. The average molecular weight is 287 g/mol. The van der Waals surface area contributed by atoms with Crippen LogP contribution in [0.1, 0.15) is 63.0 Å². The molecule has 3 rings (SSSR count). The van der Waals surface area contributed by atoms with E-state index >= 15 is 0 Å². The smallest absolute Gasteiger partial charge is 0.0970 e. The zero-order chi connectivity index (χ0) is 14.9. The van der Waals surface area contributed by atoms with Gasteiger partial charge in [-0.25, -0.2) is 0 Å². The Morgan fingerprint density at radius 2 is 1.90 bits per heavy atom. The maximum Gasteiger partial charge on any atom is 0.0970 e. The van der Waals surface area contributed by atoms with Gasteiger partial charge in [0, 0.05) is 12.0 Å². The highest BCUT2D eigenvalue weighted by molar-refractivity contribution is 5.39. The highest BCUT2D eigenvalue weighted by atomic mass is 16.3. The molecule has 0 saturated heterocycles. The SMILES string of the molecule is CCCC1CCC(CN)(C2(O)CCc3ccccc32)CC1. The first-order valence-corrected chi connectivity index (χ1v) is 8.66. The van der Waals surface area contributed by atoms with Crippen molar-refractivity contribution in [2.75, 3.05) is 6.54 Å². The lowest BCUT2D eigenvalue weighted by Gasteiger charge is -2.49. The summed E-state index contributed by atoms with van der Waals surface area (Å²) in [5.74, 6) is 0.843. The van der Waals surface area contributed by atoms with Gasteiger partial charge in [0.05, 0.1) is 5.60 Å². The first-order valence-electron chi connectivity index (χ1n) is 8.66. The van der Waals surface area contributed by atoms with Crippen LogP contribution in [0.3, 0.4) is 0 Å². The third-order valence-corrected chi connectivity index (χ3v) is 6.25. The number of aryl methyl sites for hydroxylation is 1. The highest BCUT2D eigenvalue weighted by Gasteiger charge is 2.54. The summed E-state index contributed by atoms with van der Waals surface area (Å²) in [5.41, 5.74) is 7.89. The molecule has 116 valence electrons. The molecule has 1 saturated carbocycles. The number of nitrogens with two attached hydrogens (primary N) is 1. The predicted molar refractivity (Wildman–Crippen MR) is 87.0 cm³/mol. The van der Waals surface area contributed by atoms with Crippen LogP contribution in [0.5, 0.6) is 0 Å². The topological polar surface area (TPSA) is 46.2 Å². The molecule has 0 spiro atoms. The van der Waals surface area contributed by atoms with Crippen LogP contribution in [0, 0.1) is 11.3 Å². The molecule has 1 atom stereocenters. The zero-order valence-electron chi connectivity index (χ0n) is 13.3. The van der Waals surface area contributed by atoms with Gasteiger partial charge in [0.1, 0.15) is 0 Å². The number of rotatable bonds is 4. The molecule has 2 aliphatic rings. The molecule has 0 aromatic heterocycles. The minimum Gasteiger partial charge on any atom is -0.385 e. The van der Waals surface area contributed by atoms with Crippen molar-refractivity contribution in [2.24, 2.45) is 17.1 Å². The monoisotopic (exact) mass is 287 g/mol. The van der Waals surface area contributed by atoms with Gasteiger partial charge in [-0.3, -0.25) is 0 Å². The molecule has 2 heteroatoms. The first-order chi connectivity index (χ1) is 10.1. The minimum atomic E-state index is -0.699. The summed E-state index contributed by atoms with van der Waals surface area (Å²) < 4.78 is 0. The Balaban J connectivity index is 1.87. The highest BCUT2D eigenvalue weighted by Crippen LogP contribution is 2.56. The number of hydrogen-bond donors (Lipinski definition) is 2. The van der Waals surface area contributed by atoms with Crippen LogP contribution in [-0.2, 0) is 12.0 Å². The maximum absolute atomic E-state index is 11.6. The van der Waals surface area contributed by atoms with Gasteiger partial charge in [0.15, 0.2) is 0 Å². The van der Waals surface area contributed by atoms with E-state index in [4.69, 9.17) is 5.73 Å². The van der Waals surface area contributed by atoms with Gasteiger partial charge in [0.25, 0.3) is 0 Å². The summed E-state index contributed by atoms with van der Waals surface area (Å²) in [5, 5.41) is 11.6. The van der Waals surface area contributed by atoms with Crippen LogP contribution < -0.4 is 5.73 Å². The first kappa shape index (κ1) is 15.1. The number of hydrogen-bond acceptors (Lipinski definition) is 2.